The van der Waals surface area contributed by atoms with Gasteiger partial charge < -0.3 is 15.4 Å². The molecule has 0 aliphatic carbocycles. The van der Waals surface area contributed by atoms with Gasteiger partial charge in [0.25, 0.3) is 0 Å². The van der Waals surface area contributed by atoms with Crippen molar-refractivity contribution in [1.29, 1.82) is 0 Å². The molecule has 0 aliphatic heterocycles. The average Bonchev–Trinajstić information content (AvgIpc) is 2.51. The molecule has 0 bridgehead atoms. The number of rotatable bonds is 9. The molecule has 0 saturated heterocycles. The number of guanidine groups is 1. The number of ether oxygens (including phenoxy) is 1. The van der Waals surface area contributed by atoms with Crippen LogP contribution < -0.4 is 10.6 Å². The van der Waals surface area contributed by atoms with Crippen LogP contribution >= 0.6 is 0 Å². The largest absolute Gasteiger partial charge is 0.380 e. The third-order valence-corrected chi connectivity index (χ3v) is 3.33. The molecule has 4 nitrogen and oxygen atoms in total. The molecule has 0 radical (unpaired) electrons. The van der Waals surface area contributed by atoms with Gasteiger partial charge in [-0.15, -0.1) is 0 Å². The quantitative estimate of drug-likeness (QED) is 0.416. The summed E-state index contributed by atoms with van der Waals surface area (Å²) in [4.78, 5) is 4.06. The summed E-state index contributed by atoms with van der Waals surface area (Å²) in [5.41, 5.74) is 0.0903. The van der Waals surface area contributed by atoms with E-state index in [4.69, 9.17) is 4.74 Å². The first-order valence-corrected chi connectivity index (χ1v) is 7.99. The zero-order valence-electron chi connectivity index (χ0n) is 14.2. The molecule has 2 N–H and O–H groups in total. The Kier molecular flexibility index (Phi) is 9.21. The Morgan fingerprint density at radius 2 is 1.78 bits per heavy atom. The van der Waals surface area contributed by atoms with E-state index in [2.05, 4.69) is 29.5 Å². The van der Waals surface area contributed by atoms with Crippen LogP contribution in [0, 0.1) is 17.6 Å². The van der Waals surface area contributed by atoms with Gasteiger partial charge in [-0.3, -0.25) is 4.99 Å². The highest BCUT2D eigenvalue weighted by atomic mass is 19.1. The molecule has 1 aromatic rings. The van der Waals surface area contributed by atoms with E-state index in [1.807, 2.05) is 0 Å². The van der Waals surface area contributed by atoms with Crippen molar-refractivity contribution < 1.29 is 13.5 Å². The summed E-state index contributed by atoms with van der Waals surface area (Å²) in [6.45, 7) is 6.68. The van der Waals surface area contributed by atoms with Crippen LogP contribution in [0.4, 0.5) is 8.78 Å². The molecule has 1 aromatic carbocycles. The summed E-state index contributed by atoms with van der Waals surface area (Å²) in [5.74, 6) is 0.187. The van der Waals surface area contributed by atoms with Crippen LogP contribution in [-0.4, -0.2) is 39.3 Å². The summed E-state index contributed by atoms with van der Waals surface area (Å²) in [7, 11) is 1.65. The second-order valence-electron chi connectivity index (χ2n) is 5.67. The molecule has 0 atom stereocenters. The van der Waals surface area contributed by atoms with Crippen LogP contribution in [0.2, 0.25) is 0 Å². The summed E-state index contributed by atoms with van der Waals surface area (Å²) in [6, 6.07) is 3.89. The van der Waals surface area contributed by atoms with E-state index >= 15 is 0 Å². The van der Waals surface area contributed by atoms with E-state index < -0.39 is 11.6 Å². The molecular weight excluding hydrogens is 300 g/mol. The number of hydrogen-bond acceptors (Lipinski definition) is 2. The third-order valence-electron chi connectivity index (χ3n) is 3.33. The minimum atomic E-state index is -0.520. The average molecular weight is 327 g/mol. The van der Waals surface area contributed by atoms with Gasteiger partial charge in [-0.2, -0.15) is 0 Å². The van der Waals surface area contributed by atoms with Crippen LogP contribution in [0.5, 0.6) is 0 Å². The molecule has 0 saturated carbocycles. The Morgan fingerprint density at radius 3 is 2.39 bits per heavy atom. The summed E-state index contributed by atoms with van der Waals surface area (Å²) >= 11 is 0. The molecule has 130 valence electrons. The Bertz CT molecular complexity index is 472. The van der Waals surface area contributed by atoms with Crippen molar-refractivity contribution in [1.82, 2.24) is 10.6 Å². The van der Waals surface area contributed by atoms with E-state index in [0.29, 0.717) is 31.6 Å². The zero-order valence-corrected chi connectivity index (χ0v) is 14.2. The molecule has 0 unspecified atom stereocenters. The Morgan fingerprint density at radius 1 is 1.13 bits per heavy atom. The van der Waals surface area contributed by atoms with Gasteiger partial charge in [0.05, 0.1) is 6.61 Å². The fourth-order valence-corrected chi connectivity index (χ4v) is 1.96. The highest BCUT2D eigenvalue weighted by molar-refractivity contribution is 5.79. The first kappa shape index (κ1) is 19.4. The van der Waals surface area contributed by atoms with Gasteiger partial charge in [0.1, 0.15) is 11.6 Å². The van der Waals surface area contributed by atoms with Crippen LogP contribution in [0.25, 0.3) is 0 Å². The SMILES string of the molecule is CN=C(NCCOCCC(C)C)NCCc1c(F)cccc1F. The van der Waals surface area contributed by atoms with Gasteiger partial charge >= 0.3 is 0 Å². The van der Waals surface area contributed by atoms with E-state index in [1.165, 1.54) is 18.2 Å². The Hall–Kier alpha value is -1.69. The number of halogens is 2. The zero-order chi connectivity index (χ0) is 17.1. The van der Waals surface area contributed by atoms with Crippen LogP contribution in [0.3, 0.4) is 0 Å². The van der Waals surface area contributed by atoms with E-state index in [-0.39, 0.29) is 12.0 Å². The standard InChI is InChI=1S/C17H27F2N3O/c1-13(2)8-11-23-12-10-22-17(20-3)21-9-7-14-15(18)5-4-6-16(14)19/h4-6,13H,7-12H2,1-3H3,(H2,20,21,22). The molecule has 1 rings (SSSR count). The number of aliphatic imine (C=N–C) groups is 1. The van der Waals surface area contributed by atoms with Gasteiger partial charge in [0.15, 0.2) is 5.96 Å². The predicted octanol–water partition coefficient (Wildman–Crippen LogP) is 2.74. The van der Waals surface area contributed by atoms with Crippen molar-refractivity contribution in [3.8, 4) is 0 Å². The van der Waals surface area contributed by atoms with Crippen molar-refractivity contribution in [3.63, 3.8) is 0 Å². The predicted molar refractivity (Wildman–Crippen MR) is 89.7 cm³/mol. The first-order valence-electron chi connectivity index (χ1n) is 7.99. The number of nitrogens with zero attached hydrogens (tertiary/aromatic N) is 1. The normalized spacial score (nSPS) is 11.8. The highest BCUT2D eigenvalue weighted by Gasteiger charge is 2.08. The summed E-state index contributed by atoms with van der Waals surface area (Å²) < 4.78 is 32.5. The Balaban J connectivity index is 2.22. The van der Waals surface area contributed by atoms with Crippen molar-refractivity contribution >= 4 is 5.96 Å². The first-order chi connectivity index (χ1) is 11.0. The van der Waals surface area contributed by atoms with Crippen LogP contribution in [-0.2, 0) is 11.2 Å². The second-order valence-corrected chi connectivity index (χ2v) is 5.67. The van der Waals surface area contributed by atoms with Gasteiger partial charge in [-0.25, -0.2) is 8.78 Å². The minimum Gasteiger partial charge on any atom is -0.380 e. The molecule has 0 amide bonds. The molecule has 6 heteroatoms. The molecule has 0 aromatic heterocycles. The maximum atomic E-state index is 13.5. The number of hydrogen-bond donors (Lipinski definition) is 2. The maximum Gasteiger partial charge on any atom is 0.191 e. The van der Waals surface area contributed by atoms with Crippen molar-refractivity contribution in [3.05, 3.63) is 35.4 Å². The monoisotopic (exact) mass is 327 g/mol. The molecule has 0 fully saturated rings. The van der Waals surface area contributed by atoms with Gasteiger partial charge in [-0.05, 0) is 30.9 Å². The lowest BCUT2D eigenvalue weighted by Crippen LogP contribution is -2.40. The van der Waals surface area contributed by atoms with Crippen LogP contribution in [0.1, 0.15) is 25.8 Å². The third kappa shape index (κ3) is 7.93. The highest BCUT2D eigenvalue weighted by Crippen LogP contribution is 2.11. The van der Waals surface area contributed by atoms with Crippen molar-refractivity contribution in [2.24, 2.45) is 10.9 Å². The lowest BCUT2D eigenvalue weighted by atomic mass is 10.1. The van der Waals surface area contributed by atoms with E-state index in [1.54, 1.807) is 7.05 Å². The molecular formula is C17H27F2N3O. The van der Waals surface area contributed by atoms with Crippen molar-refractivity contribution in [2.75, 3.05) is 33.4 Å². The smallest absolute Gasteiger partial charge is 0.191 e. The lowest BCUT2D eigenvalue weighted by Gasteiger charge is -2.13. The van der Waals surface area contributed by atoms with Gasteiger partial charge in [0, 0.05) is 32.3 Å². The molecule has 0 spiro atoms. The fourth-order valence-electron chi connectivity index (χ4n) is 1.96. The second kappa shape index (κ2) is 10.9. The summed E-state index contributed by atoms with van der Waals surface area (Å²) in [5, 5.41) is 6.13. The van der Waals surface area contributed by atoms with Gasteiger partial charge in [0.2, 0.25) is 0 Å². The molecule has 23 heavy (non-hydrogen) atoms. The van der Waals surface area contributed by atoms with E-state index in [0.717, 1.165) is 13.0 Å². The molecule has 0 heterocycles. The minimum absolute atomic E-state index is 0.0903. The van der Waals surface area contributed by atoms with E-state index in [9.17, 15) is 8.78 Å². The fraction of sp³-hybridized carbons (Fsp3) is 0.588. The summed E-state index contributed by atoms with van der Waals surface area (Å²) in [6.07, 6.45) is 1.30. The van der Waals surface area contributed by atoms with Crippen molar-refractivity contribution in [2.45, 2.75) is 26.7 Å². The Labute approximate surface area is 137 Å². The molecule has 0 aliphatic rings. The topological polar surface area (TPSA) is 45.7 Å². The lowest BCUT2D eigenvalue weighted by molar-refractivity contribution is 0.128. The number of benzene rings is 1. The number of nitrogens with one attached hydrogen (secondary N) is 2. The van der Waals surface area contributed by atoms with Gasteiger partial charge in [-0.1, -0.05) is 19.9 Å². The van der Waals surface area contributed by atoms with Crippen LogP contribution in [0.15, 0.2) is 23.2 Å². The maximum absolute atomic E-state index is 13.5.